The molecule has 0 aliphatic carbocycles. The number of hydrogen-bond donors (Lipinski definition) is 3. The SMILES string of the molecule is CN(CC(O)Cc1ccccc1)C(=O)NC(CCC(=O)O)Cc1ccccc1. The number of nitrogens with one attached hydrogen (secondary N) is 1. The second-order valence-electron chi connectivity index (χ2n) is 6.99. The first-order chi connectivity index (χ1) is 13.4. The number of nitrogens with zero attached hydrogens (tertiary/aromatic N) is 1. The number of aliphatic carboxylic acids is 1. The topological polar surface area (TPSA) is 89.9 Å². The summed E-state index contributed by atoms with van der Waals surface area (Å²) in [5, 5.41) is 22.1. The molecule has 28 heavy (non-hydrogen) atoms. The average Bonchev–Trinajstić information content (AvgIpc) is 2.67. The molecule has 0 radical (unpaired) electrons. The van der Waals surface area contributed by atoms with Gasteiger partial charge in [-0.3, -0.25) is 4.79 Å². The van der Waals surface area contributed by atoms with Crippen LogP contribution >= 0.6 is 0 Å². The van der Waals surface area contributed by atoms with Gasteiger partial charge in [-0.15, -0.1) is 0 Å². The number of carbonyl (C=O) groups is 2. The number of amides is 2. The van der Waals surface area contributed by atoms with Gasteiger partial charge in [0.05, 0.1) is 6.10 Å². The number of rotatable bonds is 10. The molecule has 0 aromatic heterocycles. The van der Waals surface area contributed by atoms with Crippen molar-refractivity contribution in [1.29, 1.82) is 0 Å². The van der Waals surface area contributed by atoms with Crippen LogP contribution in [0.1, 0.15) is 24.0 Å². The van der Waals surface area contributed by atoms with E-state index in [4.69, 9.17) is 5.11 Å². The summed E-state index contributed by atoms with van der Waals surface area (Å²) >= 11 is 0. The van der Waals surface area contributed by atoms with E-state index in [0.29, 0.717) is 19.3 Å². The lowest BCUT2D eigenvalue weighted by atomic mass is 10.0. The van der Waals surface area contributed by atoms with Crippen molar-refractivity contribution in [3.63, 3.8) is 0 Å². The van der Waals surface area contributed by atoms with Gasteiger partial charge in [0.25, 0.3) is 0 Å². The molecule has 2 atom stereocenters. The normalized spacial score (nSPS) is 12.8. The van der Waals surface area contributed by atoms with E-state index in [0.717, 1.165) is 11.1 Å². The largest absolute Gasteiger partial charge is 0.481 e. The van der Waals surface area contributed by atoms with Crippen molar-refractivity contribution in [2.75, 3.05) is 13.6 Å². The molecule has 3 N–H and O–H groups in total. The molecule has 2 amide bonds. The molecule has 6 heteroatoms. The summed E-state index contributed by atoms with van der Waals surface area (Å²) in [6, 6.07) is 18.6. The molecule has 6 nitrogen and oxygen atoms in total. The summed E-state index contributed by atoms with van der Waals surface area (Å²) in [5.41, 5.74) is 2.04. The van der Waals surface area contributed by atoms with Gasteiger partial charge in [0, 0.05) is 32.5 Å². The van der Waals surface area contributed by atoms with Crippen LogP contribution < -0.4 is 5.32 Å². The van der Waals surface area contributed by atoms with Crippen LogP contribution in [0.5, 0.6) is 0 Å². The standard InChI is InChI=1S/C22H28N2O4/c1-24(16-20(25)15-18-10-6-3-7-11-18)22(28)23-19(12-13-21(26)27)14-17-8-4-2-5-9-17/h2-11,19-20,25H,12-16H2,1H3,(H,23,28)(H,26,27). The van der Waals surface area contributed by atoms with Crippen molar-refractivity contribution in [3.05, 3.63) is 71.8 Å². The van der Waals surface area contributed by atoms with Gasteiger partial charge in [0.2, 0.25) is 0 Å². The molecule has 2 rings (SSSR count). The van der Waals surface area contributed by atoms with E-state index >= 15 is 0 Å². The number of likely N-dealkylation sites (N-methyl/N-ethyl adjacent to an activating group) is 1. The van der Waals surface area contributed by atoms with Gasteiger partial charge >= 0.3 is 12.0 Å². The lowest BCUT2D eigenvalue weighted by molar-refractivity contribution is -0.137. The fourth-order valence-electron chi connectivity index (χ4n) is 3.06. The minimum atomic E-state index is -0.890. The molecule has 0 bridgehead atoms. The predicted molar refractivity (Wildman–Crippen MR) is 108 cm³/mol. The maximum absolute atomic E-state index is 12.5. The fourth-order valence-corrected chi connectivity index (χ4v) is 3.06. The number of urea groups is 1. The number of carboxylic acid groups (broad SMARTS) is 1. The van der Waals surface area contributed by atoms with Gasteiger partial charge < -0.3 is 20.4 Å². The second kappa shape index (κ2) is 11.1. The van der Waals surface area contributed by atoms with E-state index in [2.05, 4.69) is 5.32 Å². The first kappa shape index (κ1) is 21.4. The van der Waals surface area contributed by atoms with Crippen molar-refractivity contribution in [1.82, 2.24) is 10.2 Å². The minimum absolute atomic E-state index is 0.0157. The number of hydrogen-bond acceptors (Lipinski definition) is 3. The van der Waals surface area contributed by atoms with E-state index in [1.165, 1.54) is 4.90 Å². The summed E-state index contributed by atoms with van der Waals surface area (Å²) in [5.74, 6) is -0.890. The summed E-state index contributed by atoms with van der Waals surface area (Å²) in [7, 11) is 1.63. The number of aliphatic hydroxyl groups excluding tert-OH is 1. The summed E-state index contributed by atoms with van der Waals surface area (Å²) in [6.45, 7) is 0.192. The predicted octanol–water partition coefficient (Wildman–Crippen LogP) is 2.71. The maximum Gasteiger partial charge on any atom is 0.317 e. The molecule has 0 aliphatic rings. The first-order valence-corrected chi connectivity index (χ1v) is 9.43. The zero-order chi connectivity index (χ0) is 20.4. The number of carbonyl (C=O) groups excluding carboxylic acids is 1. The zero-order valence-electron chi connectivity index (χ0n) is 16.1. The molecule has 0 aliphatic heterocycles. The van der Waals surface area contributed by atoms with E-state index in [9.17, 15) is 14.7 Å². The van der Waals surface area contributed by atoms with Crippen molar-refractivity contribution in [3.8, 4) is 0 Å². The van der Waals surface area contributed by atoms with Crippen LogP contribution in [0.2, 0.25) is 0 Å². The van der Waals surface area contributed by atoms with Crippen molar-refractivity contribution >= 4 is 12.0 Å². The van der Waals surface area contributed by atoms with Gasteiger partial charge in [0.15, 0.2) is 0 Å². The van der Waals surface area contributed by atoms with Crippen molar-refractivity contribution in [2.45, 2.75) is 37.8 Å². The van der Waals surface area contributed by atoms with Crippen LogP contribution in [-0.4, -0.2) is 52.9 Å². The smallest absolute Gasteiger partial charge is 0.317 e. The Morgan fingerprint density at radius 2 is 1.50 bits per heavy atom. The summed E-state index contributed by atoms with van der Waals surface area (Å²) < 4.78 is 0. The Labute approximate surface area is 165 Å². The molecular weight excluding hydrogens is 356 g/mol. The minimum Gasteiger partial charge on any atom is -0.481 e. The Balaban J connectivity index is 1.89. The van der Waals surface area contributed by atoms with Gasteiger partial charge in [-0.1, -0.05) is 60.7 Å². The maximum atomic E-state index is 12.5. The Morgan fingerprint density at radius 1 is 0.964 bits per heavy atom. The Morgan fingerprint density at radius 3 is 2.04 bits per heavy atom. The quantitative estimate of drug-likeness (QED) is 0.587. The van der Waals surface area contributed by atoms with Crippen molar-refractivity contribution in [2.24, 2.45) is 0 Å². The molecule has 0 saturated heterocycles. The molecule has 0 spiro atoms. The third kappa shape index (κ3) is 7.80. The van der Waals surface area contributed by atoms with Crippen LogP contribution in [0.4, 0.5) is 4.79 Å². The number of benzene rings is 2. The Hall–Kier alpha value is -2.86. The molecule has 2 aromatic carbocycles. The lowest BCUT2D eigenvalue weighted by Crippen LogP contribution is -2.46. The molecule has 2 unspecified atom stereocenters. The van der Waals surface area contributed by atoms with Crippen molar-refractivity contribution < 1.29 is 19.8 Å². The summed E-state index contributed by atoms with van der Waals surface area (Å²) in [6.07, 6.45) is 0.671. The van der Waals surface area contributed by atoms with Gasteiger partial charge in [-0.25, -0.2) is 4.79 Å². The van der Waals surface area contributed by atoms with Crippen LogP contribution in [0.15, 0.2) is 60.7 Å². The third-order valence-corrected chi connectivity index (χ3v) is 4.50. The van der Waals surface area contributed by atoms with Gasteiger partial charge in [0.1, 0.15) is 0 Å². The fraction of sp³-hybridized carbons (Fsp3) is 0.364. The highest BCUT2D eigenvalue weighted by molar-refractivity contribution is 5.74. The van der Waals surface area contributed by atoms with Crippen LogP contribution in [-0.2, 0) is 17.6 Å². The molecule has 0 saturated carbocycles. The zero-order valence-corrected chi connectivity index (χ0v) is 16.1. The van der Waals surface area contributed by atoms with Gasteiger partial charge in [-0.2, -0.15) is 0 Å². The lowest BCUT2D eigenvalue weighted by Gasteiger charge is -2.25. The number of aliphatic hydroxyl groups is 1. The molecule has 150 valence electrons. The molecule has 0 fully saturated rings. The molecule has 0 heterocycles. The van der Waals surface area contributed by atoms with E-state index in [-0.39, 0.29) is 25.0 Å². The first-order valence-electron chi connectivity index (χ1n) is 9.43. The highest BCUT2D eigenvalue weighted by Gasteiger charge is 2.19. The Bertz CT molecular complexity index is 737. The molecule has 2 aromatic rings. The highest BCUT2D eigenvalue weighted by Crippen LogP contribution is 2.09. The van der Waals surface area contributed by atoms with E-state index in [1.54, 1.807) is 7.05 Å². The van der Waals surface area contributed by atoms with Crippen LogP contribution in [0.25, 0.3) is 0 Å². The van der Waals surface area contributed by atoms with Gasteiger partial charge in [-0.05, 0) is 24.0 Å². The molecular formula is C22H28N2O4. The monoisotopic (exact) mass is 384 g/mol. The summed E-state index contributed by atoms with van der Waals surface area (Å²) in [4.78, 5) is 24.9. The van der Waals surface area contributed by atoms with E-state index in [1.807, 2.05) is 60.7 Å². The Kier molecular flexibility index (Phi) is 8.49. The van der Waals surface area contributed by atoms with E-state index < -0.39 is 12.1 Å². The highest BCUT2D eigenvalue weighted by atomic mass is 16.4. The second-order valence-corrected chi connectivity index (χ2v) is 6.99. The van der Waals surface area contributed by atoms with Crippen LogP contribution in [0.3, 0.4) is 0 Å². The third-order valence-electron chi connectivity index (χ3n) is 4.50. The van der Waals surface area contributed by atoms with Crippen LogP contribution in [0, 0.1) is 0 Å². The number of carboxylic acids is 1. The average molecular weight is 384 g/mol.